The molecule has 0 radical (unpaired) electrons. The lowest BCUT2D eigenvalue weighted by molar-refractivity contribution is -0.0227. The van der Waals surface area contributed by atoms with Crippen molar-refractivity contribution in [2.75, 3.05) is 17.2 Å². The lowest BCUT2D eigenvalue weighted by atomic mass is 10.1. The number of carbonyl (C=O) groups is 1. The molecule has 1 aliphatic rings. The van der Waals surface area contributed by atoms with E-state index < -0.39 is 24.3 Å². The van der Waals surface area contributed by atoms with Gasteiger partial charge in [-0.15, -0.1) is 10.2 Å². The molecule has 0 aliphatic carbocycles. The molecule has 2 heterocycles. The molecule has 2 aromatic carbocycles. The van der Waals surface area contributed by atoms with Crippen molar-refractivity contribution in [3.63, 3.8) is 0 Å². The van der Waals surface area contributed by atoms with Gasteiger partial charge >= 0.3 is 6.03 Å². The van der Waals surface area contributed by atoms with E-state index >= 15 is 0 Å². The molecule has 0 spiro atoms. The van der Waals surface area contributed by atoms with Gasteiger partial charge in [0.25, 0.3) is 0 Å². The molecule has 30 heavy (non-hydrogen) atoms. The zero-order chi connectivity index (χ0) is 20.9. The van der Waals surface area contributed by atoms with Crippen molar-refractivity contribution in [2.24, 2.45) is 0 Å². The highest BCUT2D eigenvalue weighted by Gasteiger charge is 2.36. The number of nitrogens with one attached hydrogen (secondary N) is 2. The van der Waals surface area contributed by atoms with E-state index in [1.165, 1.54) is 0 Å². The number of rotatable bonds is 6. The fourth-order valence-electron chi connectivity index (χ4n) is 2.99. The minimum atomic E-state index is -0.760. The van der Waals surface area contributed by atoms with Gasteiger partial charge in [0.2, 0.25) is 5.13 Å². The Bertz CT molecular complexity index is 1000. The van der Waals surface area contributed by atoms with Crippen molar-refractivity contribution < 1.29 is 24.5 Å². The third-order valence-corrected chi connectivity index (χ3v) is 5.38. The van der Waals surface area contributed by atoms with E-state index in [4.69, 9.17) is 9.47 Å². The van der Waals surface area contributed by atoms with Crippen molar-refractivity contribution in [3.05, 3.63) is 59.6 Å². The molecule has 9 nitrogen and oxygen atoms in total. The molecule has 2 amide bonds. The maximum absolute atomic E-state index is 12.4. The molecule has 0 unspecified atom stereocenters. The molecule has 1 fully saturated rings. The number of aliphatic hydroxyl groups excluding tert-OH is 2. The summed E-state index contributed by atoms with van der Waals surface area (Å²) in [7, 11) is 0. The van der Waals surface area contributed by atoms with Crippen molar-refractivity contribution in [2.45, 2.75) is 24.7 Å². The first-order chi connectivity index (χ1) is 14.6. The summed E-state index contributed by atoms with van der Waals surface area (Å²) in [4.78, 5) is 12.4. The van der Waals surface area contributed by atoms with Crippen LogP contribution >= 0.6 is 11.3 Å². The highest BCUT2D eigenvalue weighted by molar-refractivity contribution is 7.15. The average molecular weight is 428 g/mol. The Labute approximate surface area is 176 Å². The van der Waals surface area contributed by atoms with Crippen LogP contribution in [-0.2, 0) is 4.74 Å². The zero-order valence-electron chi connectivity index (χ0n) is 15.8. The van der Waals surface area contributed by atoms with Crippen molar-refractivity contribution in [1.29, 1.82) is 0 Å². The van der Waals surface area contributed by atoms with Crippen LogP contribution in [-0.4, -0.2) is 45.3 Å². The largest absolute Gasteiger partial charge is 0.455 e. The Morgan fingerprint density at radius 2 is 1.90 bits per heavy atom. The number of anilines is 2. The summed E-state index contributed by atoms with van der Waals surface area (Å²) in [6, 6.07) is 15.8. The van der Waals surface area contributed by atoms with Crippen LogP contribution in [0.25, 0.3) is 0 Å². The van der Waals surface area contributed by atoms with Gasteiger partial charge in [-0.2, -0.15) is 0 Å². The number of hydrogen-bond acceptors (Lipinski definition) is 8. The number of amides is 2. The number of aromatic nitrogens is 2. The molecule has 1 aliphatic heterocycles. The second kappa shape index (κ2) is 9.18. The first-order valence-corrected chi connectivity index (χ1v) is 10.1. The number of ether oxygens (including phenoxy) is 2. The molecule has 1 aromatic heterocycles. The van der Waals surface area contributed by atoms with E-state index in [1.54, 1.807) is 18.2 Å². The summed E-state index contributed by atoms with van der Waals surface area (Å²) >= 11 is 1.15. The Morgan fingerprint density at radius 1 is 1.13 bits per heavy atom. The summed E-state index contributed by atoms with van der Waals surface area (Å²) in [5.74, 6) is 1.15. The average Bonchev–Trinajstić information content (AvgIpc) is 3.36. The first-order valence-electron chi connectivity index (χ1n) is 9.30. The Morgan fingerprint density at radius 3 is 2.67 bits per heavy atom. The minimum Gasteiger partial charge on any atom is -0.455 e. The third kappa shape index (κ3) is 4.74. The summed E-state index contributed by atoms with van der Waals surface area (Å²) in [6.45, 7) is -0.269. The Balaban J connectivity index is 1.39. The molecule has 3 aromatic rings. The van der Waals surface area contributed by atoms with Gasteiger partial charge < -0.3 is 25.0 Å². The minimum absolute atomic E-state index is 0.269. The van der Waals surface area contributed by atoms with E-state index in [9.17, 15) is 15.0 Å². The zero-order valence-corrected chi connectivity index (χ0v) is 16.6. The number of nitrogens with zero attached hydrogens (tertiary/aromatic N) is 2. The molecular formula is C20H20N4O5S. The predicted octanol–water partition coefficient (Wildman–Crippen LogP) is 3.16. The number of urea groups is 1. The summed E-state index contributed by atoms with van der Waals surface area (Å²) in [6.07, 6.45) is -1.55. The van der Waals surface area contributed by atoms with Gasteiger partial charge in [0.15, 0.2) is 5.75 Å². The van der Waals surface area contributed by atoms with Gasteiger partial charge in [-0.05, 0) is 24.3 Å². The number of aliphatic hydroxyl groups is 2. The maximum atomic E-state index is 12.4. The maximum Gasteiger partial charge on any atom is 0.325 e. The number of para-hydroxylation sites is 3. The highest BCUT2D eigenvalue weighted by Crippen LogP contribution is 2.35. The standard InChI is InChI=1S/C20H20N4O5S/c25-11-17-14(26)10-16(29-17)18-23-24-20(30-18)22-19(27)21-13-8-4-5-9-15(13)28-12-6-2-1-3-7-12/h1-9,14,16-17,25-26H,10-11H2,(H2,21,22,24,27)/t14-,16-,17+/m0/s1. The van der Waals surface area contributed by atoms with Crippen molar-refractivity contribution in [1.82, 2.24) is 10.2 Å². The number of carbonyl (C=O) groups excluding carboxylic acids is 1. The second-order valence-corrected chi connectivity index (χ2v) is 7.59. The van der Waals surface area contributed by atoms with Crippen LogP contribution in [0.3, 0.4) is 0 Å². The Hall–Kier alpha value is -3.05. The van der Waals surface area contributed by atoms with Gasteiger partial charge in [-0.3, -0.25) is 5.32 Å². The van der Waals surface area contributed by atoms with E-state index in [2.05, 4.69) is 20.8 Å². The third-order valence-electron chi connectivity index (χ3n) is 4.45. The van der Waals surface area contributed by atoms with E-state index in [0.717, 1.165) is 11.3 Å². The number of hydrogen-bond donors (Lipinski definition) is 4. The molecular weight excluding hydrogens is 408 g/mol. The van der Waals surface area contributed by atoms with Crippen LogP contribution in [0.1, 0.15) is 17.5 Å². The van der Waals surface area contributed by atoms with Crippen molar-refractivity contribution in [3.8, 4) is 11.5 Å². The lowest BCUT2D eigenvalue weighted by Gasteiger charge is -2.12. The van der Waals surface area contributed by atoms with Crippen LogP contribution in [0, 0.1) is 0 Å². The van der Waals surface area contributed by atoms with E-state index in [-0.39, 0.29) is 11.7 Å². The van der Waals surface area contributed by atoms with Gasteiger partial charge in [-0.1, -0.05) is 41.7 Å². The predicted molar refractivity (Wildman–Crippen MR) is 111 cm³/mol. The van der Waals surface area contributed by atoms with E-state index in [1.807, 2.05) is 36.4 Å². The molecule has 0 bridgehead atoms. The topological polar surface area (TPSA) is 126 Å². The first kappa shape index (κ1) is 20.2. The van der Waals surface area contributed by atoms with Crippen molar-refractivity contribution >= 4 is 28.2 Å². The van der Waals surface area contributed by atoms with Gasteiger partial charge in [0.1, 0.15) is 23.0 Å². The summed E-state index contributed by atoms with van der Waals surface area (Å²) in [5.41, 5.74) is 0.497. The monoisotopic (exact) mass is 428 g/mol. The van der Waals surface area contributed by atoms with E-state index in [0.29, 0.717) is 28.6 Å². The molecule has 1 saturated heterocycles. The SMILES string of the molecule is O=C(Nc1nnc([C@@H]2C[C@H](O)[C@@H](CO)O2)s1)Nc1ccccc1Oc1ccccc1. The molecule has 4 N–H and O–H groups in total. The van der Waals surface area contributed by atoms with Gasteiger partial charge in [0, 0.05) is 6.42 Å². The Kier molecular flexibility index (Phi) is 6.19. The van der Waals surface area contributed by atoms with Gasteiger partial charge in [-0.25, -0.2) is 4.79 Å². The van der Waals surface area contributed by atoms with Crippen LogP contribution in [0.15, 0.2) is 54.6 Å². The van der Waals surface area contributed by atoms with Crippen LogP contribution < -0.4 is 15.4 Å². The van der Waals surface area contributed by atoms with Crippen LogP contribution in [0.2, 0.25) is 0 Å². The lowest BCUT2D eigenvalue weighted by Crippen LogP contribution is -2.24. The molecule has 3 atom stereocenters. The molecule has 156 valence electrons. The summed E-state index contributed by atoms with van der Waals surface area (Å²) < 4.78 is 11.4. The quantitative estimate of drug-likeness (QED) is 0.475. The normalized spacial score (nSPS) is 20.7. The van der Waals surface area contributed by atoms with Crippen LogP contribution in [0.5, 0.6) is 11.5 Å². The smallest absolute Gasteiger partial charge is 0.325 e. The molecule has 10 heteroatoms. The van der Waals surface area contributed by atoms with Gasteiger partial charge in [0.05, 0.1) is 18.4 Å². The van der Waals surface area contributed by atoms with Crippen LogP contribution in [0.4, 0.5) is 15.6 Å². The molecule has 4 rings (SSSR count). The summed E-state index contributed by atoms with van der Waals surface area (Å²) in [5, 5.41) is 33.2. The number of benzene rings is 2. The molecule has 0 saturated carbocycles. The fraction of sp³-hybridized carbons (Fsp3) is 0.250. The fourth-order valence-corrected chi connectivity index (χ4v) is 3.78. The second-order valence-electron chi connectivity index (χ2n) is 6.58. The highest BCUT2D eigenvalue weighted by atomic mass is 32.1.